The Kier molecular flexibility index (Phi) is 2.71. The van der Waals surface area contributed by atoms with Gasteiger partial charge >= 0.3 is 0 Å². The average Bonchev–Trinajstić information content (AvgIpc) is 3.08. The minimum absolute atomic E-state index is 0.370. The van der Waals surface area contributed by atoms with E-state index in [-0.39, 0.29) is 0 Å². The normalized spacial score (nSPS) is 24.9. The van der Waals surface area contributed by atoms with Crippen molar-refractivity contribution in [3.8, 4) is 0 Å². The van der Waals surface area contributed by atoms with Crippen LogP contribution < -0.4 is 0 Å². The fraction of sp³-hybridized carbons (Fsp3) is 0.833. The molecule has 78 valence electrons. The van der Waals surface area contributed by atoms with Gasteiger partial charge in [0.1, 0.15) is 11.6 Å². The second kappa shape index (κ2) is 3.84. The van der Waals surface area contributed by atoms with Crippen LogP contribution in [0.1, 0.15) is 45.4 Å². The Balaban J connectivity index is 0.000000112. The number of carbonyl (C=O) groups excluding carboxylic acids is 2. The molecule has 0 spiro atoms. The van der Waals surface area contributed by atoms with E-state index >= 15 is 0 Å². The lowest BCUT2D eigenvalue weighted by atomic mass is 10.2. The van der Waals surface area contributed by atoms with Gasteiger partial charge in [0.15, 0.2) is 0 Å². The topological polar surface area (TPSA) is 34.1 Å². The average molecular weight is 194 g/mol. The number of ketones is 2. The number of hydrogen-bond acceptors (Lipinski definition) is 2. The molecule has 0 radical (unpaired) electrons. The Labute approximate surface area is 85.1 Å². The number of rotatable bonds is 3. The van der Waals surface area contributed by atoms with Crippen molar-refractivity contribution in [3.63, 3.8) is 0 Å². The summed E-state index contributed by atoms with van der Waals surface area (Å²) in [5, 5.41) is 0. The van der Waals surface area contributed by atoms with E-state index in [0.29, 0.717) is 29.3 Å². The zero-order chi connectivity index (χ0) is 10.1. The van der Waals surface area contributed by atoms with Crippen LogP contribution in [-0.4, -0.2) is 11.6 Å². The summed E-state index contributed by atoms with van der Waals surface area (Å²) in [6, 6.07) is 0. The first-order chi connectivity index (χ1) is 6.68. The maximum Gasteiger partial charge on any atom is 0.139 e. The summed E-state index contributed by atoms with van der Waals surface area (Å²) in [6.07, 6.45) is 7.06. The van der Waals surface area contributed by atoms with Crippen molar-refractivity contribution in [2.24, 2.45) is 17.8 Å². The van der Waals surface area contributed by atoms with Crippen LogP contribution in [0.4, 0.5) is 0 Å². The molecule has 0 unspecified atom stereocenters. The van der Waals surface area contributed by atoms with Crippen molar-refractivity contribution < 1.29 is 9.59 Å². The smallest absolute Gasteiger partial charge is 0.139 e. The van der Waals surface area contributed by atoms with E-state index in [9.17, 15) is 9.59 Å². The Morgan fingerprint density at radius 1 is 0.786 bits per heavy atom. The zero-order valence-corrected chi connectivity index (χ0v) is 8.79. The van der Waals surface area contributed by atoms with Gasteiger partial charge in [-0.25, -0.2) is 0 Å². The van der Waals surface area contributed by atoms with Gasteiger partial charge in [0.2, 0.25) is 0 Å². The van der Waals surface area contributed by atoms with Gasteiger partial charge in [-0.2, -0.15) is 0 Å². The molecule has 3 fully saturated rings. The summed E-state index contributed by atoms with van der Waals surface area (Å²) < 4.78 is 0. The molecule has 0 aromatic heterocycles. The third-order valence-corrected chi connectivity index (χ3v) is 3.11. The summed E-state index contributed by atoms with van der Waals surface area (Å²) in [5.41, 5.74) is 0. The monoisotopic (exact) mass is 194 g/mol. The molecule has 0 atom stereocenters. The van der Waals surface area contributed by atoms with Gasteiger partial charge in [-0.15, -0.1) is 0 Å². The molecule has 3 aliphatic rings. The first-order valence-electron chi connectivity index (χ1n) is 5.72. The maximum absolute atomic E-state index is 11.0. The summed E-state index contributed by atoms with van der Waals surface area (Å²) in [6.45, 7) is 1.66. The van der Waals surface area contributed by atoms with Gasteiger partial charge in [0.25, 0.3) is 0 Å². The third kappa shape index (κ3) is 2.93. The predicted octanol–water partition coefficient (Wildman–Crippen LogP) is 2.36. The van der Waals surface area contributed by atoms with Gasteiger partial charge in [0.05, 0.1) is 0 Å². The molecule has 3 saturated carbocycles. The summed E-state index contributed by atoms with van der Waals surface area (Å²) in [7, 11) is 0. The molecule has 0 aromatic carbocycles. The largest absolute Gasteiger partial charge is 0.300 e. The predicted molar refractivity (Wildman–Crippen MR) is 53.9 cm³/mol. The third-order valence-electron chi connectivity index (χ3n) is 3.11. The number of Topliss-reactive ketones (excluding diaryl/α,β-unsaturated/α-hetero) is 2. The van der Waals surface area contributed by atoms with Crippen molar-refractivity contribution in [1.29, 1.82) is 0 Å². The zero-order valence-electron chi connectivity index (χ0n) is 8.79. The minimum Gasteiger partial charge on any atom is -0.300 e. The fourth-order valence-corrected chi connectivity index (χ4v) is 1.56. The SMILES string of the molecule is CC(=O)C1CC1.O=C(C1CC1)C1CC1. The van der Waals surface area contributed by atoms with Crippen molar-refractivity contribution in [2.75, 3.05) is 0 Å². The van der Waals surface area contributed by atoms with E-state index < -0.39 is 0 Å². The van der Waals surface area contributed by atoms with Gasteiger partial charge in [-0.3, -0.25) is 9.59 Å². The summed E-state index contributed by atoms with van der Waals surface area (Å²) in [5.74, 6) is 2.44. The molecule has 3 aliphatic carbocycles. The van der Waals surface area contributed by atoms with Crippen LogP contribution in [0.2, 0.25) is 0 Å². The molecular formula is C12H18O2. The molecule has 0 N–H and O–H groups in total. The second-order valence-electron chi connectivity index (χ2n) is 4.84. The molecule has 2 heteroatoms. The van der Waals surface area contributed by atoms with Crippen molar-refractivity contribution in [3.05, 3.63) is 0 Å². The lowest BCUT2D eigenvalue weighted by Crippen LogP contribution is -2.01. The Hall–Kier alpha value is -0.660. The number of hydrogen-bond donors (Lipinski definition) is 0. The quantitative estimate of drug-likeness (QED) is 0.691. The van der Waals surface area contributed by atoms with Crippen LogP contribution in [0.3, 0.4) is 0 Å². The first kappa shape index (κ1) is 9.88. The van der Waals surface area contributed by atoms with Gasteiger partial charge in [0, 0.05) is 17.8 Å². The van der Waals surface area contributed by atoms with Crippen molar-refractivity contribution in [1.82, 2.24) is 0 Å². The molecule has 0 saturated heterocycles. The minimum atomic E-state index is 0.370. The van der Waals surface area contributed by atoms with E-state index in [1.165, 1.54) is 25.7 Å². The molecule has 14 heavy (non-hydrogen) atoms. The Bertz CT molecular complexity index is 231. The van der Waals surface area contributed by atoms with E-state index in [4.69, 9.17) is 0 Å². The van der Waals surface area contributed by atoms with Crippen LogP contribution in [-0.2, 0) is 9.59 Å². The fourth-order valence-electron chi connectivity index (χ4n) is 1.56. The van der Waals surface area contributed by atoms with Gasteiger partial charge in [-0.1, -0.05) is 0 Å². The highest BCUT2D eigenvalue weighted by Gasteiger charge is 2.39. The Morgan fingerprint density at radius 2 is 1.14 bits per heavy atom. The highest BCUT2D eigenvalue weighted by molar-refractivity contribution is 5.87. The number of carbonyl (C=O) groups is 2. The van der Waals surface area contributed by atoms with Crippen molar-refractivity contribution in [2.45, 2.75) is 45.4 Å². The molecule has 0 aromatic rings. The molecule has 0 bridgehead atoms. The van der Waals surface area contributed by atoms with Crippen LogP contribution in [0.5, 0.6) is 0 Å². The van der Waals surface area contributed by atoms with Crippen LogP contribution in [0.15, 0.2) is 0 Å². The lowest BCUT2D eigenvalue weighted by Gasteiger charge is -1.87. The lowest BCUT2D eigenvalue weighted by molar-refractivity contribution is -0.121. The second-order valence-corrected chi connectivity index (χ2v) is 4.84. The molecule has 0 heterocycles. The van der Waals surface area contributed by atoms with Crippen molar-refractivity contribution >= 4 is 11.6 Å². The maximum atomic E-state index is 11.0. The summed E-state index contributed by atoms with van der Waals surface area (Å²) >= 11 is 0. The Morgan fingerprint density at radius 3 is 1.29 bits per heavy atom. The highest BCUT2D eigenvalue weighted by atomic mass is 16.1. The van der Waals surface area contributed by atoms with Crippen LogP contribution >= 0.6 is 0 Å². The highest BCUT2D eigenvalue weighted by Crippen LogP contribution is 2.40. The first-order valence-corrected chi connectivity index (χ1v) is 5.72. The molecule has 3 rings (SSSR count). The van der Waals surface area contributed by atoms with E-state index in [1.807, 2.05) is 0 Å². The molecule has 0 amide bonds. The van der Waals surface area contributed by atoms with Gasteiger partial charge in [-0.05, 0) is 45.4 Å². The van der Waals surface area contributed by atoms with E-state index in [2.05, 4.69) is 0 Å². The molecule has 0 aliphatic heterocycles. The van der Waals surface area contributed by atoms with Crippen LogP contribution in [0.25, 0.3) is 0 Å². The standard InChI is InChI=1S/C7H10O.C5H8O/c8-7(5-1-2-5)6-3-4-6;1-4(6)5-2-3-5/h5-6H,1-4H2;5H,2-3H2,1H3. The van der Waals surface area contributed by atoms with Gasteiger partial charge < -0.3 is 0 Å². The molecular weight excluding hydrogens is 176 g/mol. The van der Waals surface area contributed by atoms with E-state index in [1.54, 1.807) is 6.92 Å². The van der Waals surface area contributed by atoms with E-state index in [0.717, 1.165) is 12.8 Å². The van der Waals surface area contributed by atoms with Crippen LogP contribution in [0, 0.1) is 17.8 Å². The summed E-state index contributed by atoms with van der Waals surface area (Å²) in [4.78, 5) is 21.2. The molecule has 2 nitrogen and oxygen atoms in total.